The Balaban J connectivity index is 1.73. The molecule has 0 atom stereocenters. The summed E-state index contributed by atoms with van der Waals surface area (Å²) in [6, 6.07) is 15.3. The number of rotatable bonds is 7. The van der Waals surface area contributed by atoms with E-state index >= 15 is 0 Å². The standard InChI is InChI=1S/C22H22N6O2/c1-14(2)30-19-13-25-22(27-21(19)24-11-15-7-4-3-5-8-15)28-18-10-6-9-16(20(23)29)17(18)12-26-28/h3-10,12-14H,11H2,1-2H3,(H2,23,29)(H,24,25,27). The third-order valence-electron chi connectivity index (χ3n) is 4.48. The van der Waals surface area contributed by atoms with Gasteiger partial charge in [-0.3, -0.25) is 4.79 Å². The molecule has 2 aromatic heterocycles. The van der Waals surface area contributed by atoms with Gasteiger partial charge in [0.25, 0.3) is 5.95 Å². The highest BCUT2D eigenvalue weighted by atomic mass is 16.5. The summed E-state index contributed by atoms with van der Waals surface area (Å²) in [5.74, 6) is 0.969. The molecule has 0 spiro atoms. The number of nitrogens with zero attached hydrogens (tertiary/aromatic N) is 4. The van der Waals surface area contributed by atoms with Crippen LogP contribution in [0.1, 0.15) is 29.8 Å². The highest BCUT2D eigenvalue weighted by Gasteiger charge is 2.16. The zero-order valence-electron chi connectivity index (χ0n) is 16.7. The lowest BCUT2D eigenvalue weighted by atomic mass is 10.1. The van der Waals surface area contributed by atoms with Gasteiger partial charge in [0.1, 0.15) is 0 Å². The molecule has 0 aliphatic carbocycles. The van der Waals surface area contributed by atoms with Crippen LogP contribution in [0.15, 0.2) is 60.9 Å². The van der Waals surface area contributed by atoms with E-state index in [0.29, 0.717) is 40.5 Å². The first-order valence-corrected chi connectivity index (χ1v) is 9.61. The summed E-state index contributed by atoms with van der Waals surface area (Å²) in [4.78, 5) is 20.8. The van der Waals surface area contributed by atoms with Crippen molar-refractivity contribution < 1.29 is 9.53 Å². The SMILES string of the molecule is CC(C)Oc1cnc(-n2ncc3c(C(N)=O)cccc32)nc1NCc1ccccc1. The van der Waals surface area contributed by atoms with Gasteiger partial charge in [-0.15, -0.1) is 0 Å². The number of aromatic nitrogens is 4. The molecule has 8 nitrogen and oxygen atoms in total. The lowest BCUT2D eigenvalue weighted by Gasteiger charge is -2.15. The van der Waals surface area contributed by atoms with Crippen LogP contribution in [0.5, 0.6) is 5.75 Å². The van der Waals surface area contributed by atoms with Crippen LogP contribution in [-0.2, 0) is 6.54 Å². The fourth-order valence-corrected chi connectivity index (χ4v) is 3.14. The largest absolute Gasteiger partial charge is 0.486 e. The lowest BCUT2D eigenvalue weighted by Crippen LogP contribution is -2.13. The van der Waals surface area contributed by atoms with E-state index in [1.807, 2.05) is 50.2 Å². The first kappa shape index (κ1) is 19.4. The Kier molecular flexibility index (Phi) is 5.30. The van der Waals surface area contributed by atoms with Crippen molar-refractivity contribution in [3.8, 4) is 11.7 Å². The molecule has 0 saturated carbocycles. The molecule has 0 fully saturated rings. The van der Waals surface area contributed by atoms with Crippen LogP contribution in [0.4, 0.5) is 5.82 Å². The van der Waals surface area contributed by atoms with E-state index in [1.54, 1.807) is 29.2 Å². The number of carbonyl (C=O) groups is 1. The summed E-state index contributed by atoms with van der Waals surface area (Å²) in [7, 11) is 0. The molecular weight excluding hydrogens is 380 g/mol. The minimum Gasteiger partial charge on any atom is -0.486 e. The molecule has 0 unspecified atom stereocenters. The second-order valence-electron chi connectivity index (χ2n) is 7.05. The van der Waals surface area contributed by atoms with Crippen molar-refractivity contribution in [3.05, 3.63) is 72.1 Å². The van der Waals surface area contributed by atoms with Gasteiger partial charge in [0.2, 0.25) is 5.91 Å². The number of amides is 1. The van der Waals surface area contributed by atoms with E-state index in [4.69, 9.17) is 10.5 Å². The molecule has 0 saturated heterocycles. The van der Waals surface area contributed by atoms with Crippen molar-refractivity contribution in [1.82, 2.24) is 19.7 Å². The van der Waals surface area contributed by atoms with Gasteiger partial charge in [0, 0.05) is 11.9 Å². The van der Waals surface area contributed by atoms with Crippen LogP contribution in [0.25, 0.3) is 16.9 Å². The fourth-order valence-electron chi connectivity index (χ4n) is 3.14. The second kappa shape index (κ2) is 8.20. The summed E-state index contributed by atoms with van der Waals surface area (Å²) in [5, 5.41) is 8.35. The summed E-state index contributed by atoms with van der Waals surface area (Å²) < 4.78 is 7.44. The zero-order chi connectivity index (χ0) is 21.1. The third kappa shape index (κ3) is 3.93. The molecule has 4 rings (SSSR count). The quantitative estimate of drug-likeness (QED) is 0.491. The predicted octanol–water partition coefficient (Wildman–Crippen LogP) is 3.31. The van der Waals surface area contributed by atoms with Gasteiger partial charge < -0.3 is 15.8 Å². The van der Waals surface area contributed by atoms with Gasteiger partial charge in [0.15, 0.2) is 11.6 Å². The highest BCUT2D eigenvalue weighted by Crippen LogP contribution is 2.26. The molecule has 0 aliphatic rings. The van der Waals surface area contributed by atoms with Crippen molar-refractivity contribution in [2.75, 3.05) is 5.32 Å². The summed E-state index contributed by atoms with van der Waals surface area (Å²) in [5.41, 5.74) is 7.69. The van der Waals surface area contributed by atoms with Crippen molar-refractivity contribution in [1.29, 1.82) is 0 Å². The first-order chi connectivity index (χ1) is 14.5. The van der Waals surface area contributed by atoms with E-state index in [-0.39, 0.29) is 6.10 Å². The maximum atomic E-state index is 11.7. The zero-order valence-corrected chi connectivity index (χ0v) is 16.7. The Morgan fingerprint density at radius 1 is 1.13 bits per heavy atom. The molecule has 30 heavy (non-hydrogen) atoms. The number of primary amides is 1. The summed E-state index contributed by atoms with van der Waals surface area (Å²) >= 11 is 0. The van der Waals surface area contributed by atoms with Gasteiger partial charge in [0.05, 0.1) is 29.6 Å². The Labute approximate surface area is 173 Å². The van der Waals surface area contributed by atoms with Gasteiger partial charge in [-0.1, -0.05) is 36.4 Å². The minimum absolute atomic E-state index is 0.0274. The number of carbonyl (C=O) groups excluding carboxylic acids is 1. The topological polar surface area (TPSA) is 108 Å². The molecule has 0 radical (unpaired) electrons. The average Bonchev–Trinajstić information content (AvgIpc) is 3.17. The van der Waals surface area contributed by atoms with E-state index in [0.717, 1.165) is 5.56 Å². The number of benzene rings is 2. The molecule has 1 amide bonds. The van der Waals surface area contributed by atoms with E-state index < -0.39 is 5.91 Å². The smallest absolute Gasteiger partial charge is 0.253 e. The van der Waals surface area contributed by atoms with Gasteiger partial charge in [-0.05, 0) is 31.5 Å². The van der Waals surface area contributed by atoms with Crippen LogP contribution < -0.4 is 15.8 Å². The maximum Gasteiger partial charge on any atom is 0.253 e. The Morgan fingerprint density at radius 3 is 2.67 bits per heavy atom. The predicted molar refractivity (Wildman–Crippen MR) is 115 cm³/mol. The van der Waals surface area contributed by atoms with E-state index in [9.17, 15) is 4.79 Å². The fraction of sp³-hybridized carbons (Fsp3) is 0.182. The molecule has 2 heterocycles. The number of nitrogens with one attached hydrogen (secondary N) is 1. The molecule has 152 valence electrons. The molecule has 2 aromatic carbocycles. The summed E-state index contributed by atoms with van der Waals surface area (Å²) in [6.45, 7) is 4.47. The van der Waals surface area contributed by atoms with Crippen LogP contribution in [0.2, 0.25) is 0 Å². The second-order valence-corrected chi connectivity index (χ2v) is 7.05. The highest BCUT2D eigenvalue weighted by molar-refractivity contribution is 6.05. The van der Waals surface area contributed by atoms with Crippen LogP contribution in [-0.4, -0.2) is 31.8 Å². The Bertz CT molecular complexity index is 1190. The molecule has 8 heteroatoms. The number of anilines is 1. The number of nitrogens with two attached hydrogens (primary N) is 1. The van der Waals surface area contributed by atoms with Crippen LogP contribution >= 0.6 is 0 Å². The van der Waals surface area contributed by atoms with Gasteiger partial charge >= 0.3 is 0 Å². The van der Waals surface area contributed by atoms with Crippen molar-refractivity contribution in [2.24, 2.45) is 5.73 Å². The average molecular weight is 402 g/mol. The molecule has 3 N–H and O–H groups in total. The van der Waals surface area contributed by atoms with Gasteiger partial charge in [-0.2, -0.15) is 14.8 Å². The van der Waals surface area contributed by atoms with E-state index in [1.165, 1.54) is 0 Å². The number of ether oxygens (including phenoxy) is 1. The number of fused-ring (bicyclic) bond motifs is 1. The van der Waals surface area contributed by atoms with E-state index in [2.05, 4.69) is 20.4 Å². The first-order valence-electron chi connectivity index (χ1n) is 9.61. The normalized spacial score (nSPS) is 11.0. The molecule has 0 bridgehead atoms. The summed E-state index contributed by atoms with van der Waals surface area (Å²) in [6.07, 6.45) is 3.19. The van der Waals surface area contributed by atoms with Crippen LogP contribution in [0, 0.1) is 0 Å². The van der Waals surface area contributed by atoms with Crippen LogP contribution in [0.3, 0.4) is 0 Å². The minimum atomic E-state index is -0.507. The monoisotopic (exact) mass is 402 g/mol. The van der Waals surface area contributed by atoms with Crippen molar-refractivity contribution >= 4 is 22.6 Å². The Hall–Kier alpha value is -3.94. The maximum absolute atomic E-state index is 11.7. The van der Waals surface area contributed by atoms with Crippen molar-refractivity contribution in [2.45, 2.75) is 26.5 Å². The number of hydrogen-bond donors (Lipinski definition) is 2. The van der Waals surface area contributed by atoms with Crippen molar-refractivity contribution in [3.63, 3.8) is 0 Å². The third-order valence-corrected chi connectivity index (χ3v) is 4.48. The van der Waals surface area contributed by atoms with Gasteiger partial charge in [-0.25, -0.2) is 4.98 Å². The molecular formula is C22H22N6O2. The number of hydrogen-bond acceptors (Lipinski definition) is 6. The molecule has 4 aromatic rings. The Morgan fingerprint density at radius 2 is 1.93 bits per heavy atom. The molecule has 0 aliphatic heterocycles. The lowest BCUT2D eigenvalue weighted by molar-refractivity contribution is 0.100.